The summed E-state index contributed by atoms with van der Waals surface area (Å²) in [4.78, 5) is 23.4. The van der Waals surface area contributed by atoms with Gasteiger partial charge in [0.1, 0.15) is 6.33 Å². The number of amides is 1. The molecule has 128 valence electrons. The van der Waals surface area contributed by atoms with Crippen molar-refractivity contribution in [3.05, 3.63) is 23.9 Å². The van der Waals surface area contributed by atoms with Gasteiger partial charge in [0, 0.05) is 26.1 Å². The number of aromatic nitrogens is 5. The topological polar surface area (TPSA) is 89.9 Å². The zero-order chi connectivity index (χ0) is 16.9. The first-order valence-electron chi connectivity index (χ1n) is 8.48. The third-order valence-corrected chi connectivity index (χ3v) is 5.44. The van der Waals surface area contributed by atoms with Crippen molar-refractivity contribution in [1.82, 2.24) is 29.8 Å². The summed E-state index contributed by atoms with van der Waals surface area (Å²) in [5.74, 6) is 2.34. The number of likely N-dealkylation sites (tertiary alicyclic amines) is 1. The standard InChI is InChI=1S/C16H22N6O2/c1-10(2)12-19-15(24-20-12)16-6-4-5-11(16)7-22(8-16)14(23)13-17-9-18-21(13)3/h9-11H,4-8H2,1-3H3/t11-,16-/m0/s1. The molecule has 4 rings (SSSR count). The van der Waals surface area contributed by atoms with Crippen LogP contribution >= 0.6 is 0 Å². The van der Waals surface area contributed by atoms with Crippen LogP contribution in [0.5, 0.6) is 0 Å². The largest absolute Gasteiger partial charge is 0.339 e. The van der Waals surface area contributed by atoms with Gasteiger partial charge in [0.15, 0.2) is 5.82 Å². The molecule has 2 atom stereocenters. The highest BCUT2D eigenvalue weighted by atomic mass is 16.5. The Morgan fingerprint density at radius 3 is 2.96 bits per heavy atom. The van der Waals surface area contributed by atoms with E-state index in [1.807, 2.05) is 4.90 Å². The molecule has 1 aliphatic heterocycles. The van der Waals surface area contributed by atoms with Crippen LogP contribution in [-0.4, -0.2) is 48.8 Å². The SMILES string of the molecule is CC(C)c1noc([C@]23CCC[C@H]2CN(C(=O)c2ncnn2C)C3)n1. The van der Waals surface area contributed by atoms with Crippen LogP contribution in [0.2, 0.25) is 0 Å². The van der Waals surface area contributed by atoms with E-state index in [-0.39, 0.29) is 17.2 Å². The van der Waals surface area contributed by atoms with E-state index < -0.39 is 0 Å². The predicted octanol–water partition coefficient (Wildman–Crippen LogP) is 1.52. The molecule has 2 aromatic heterocycles. The number of rotatable bonds is 3. The van der Waals surface area contributed by atoms with Crippen molar-refractivity contribution in [2.24, 2.45) is 13.0 Å². The molecule has 2 aliphatic rings. The van der Waals surface area contributed by atoms with Gasteiger partial charge in [0.25, 0.3) is 5.91 Å². The Bertz CT molecular complexity index is 766. The summed E-state index contributed by atoms with van der Waals surface area (Å²) in [6.07, 6.45) is 4.62. The molecule has 2 aromatic rings. The second-order valence-corrected chi connectivity index (χ2v) is 7.25. The van der Waals surface area contributed by atoms with E-state index in [1.165, 1.54) is 11.0 Å². The summed E-state index contributed by atoms with van der Waals surface area (Å²) in [7, 11) is 1.74. The molecule has 0 N–H and O–H groups in total. The number of carbonyl (C=O) groups excluding carboxylic acids is 1. The van der Waals surface area contributed by atoms with Crippen molar-refractivity contribution >= 4 is 5.91 Å². The van der Waals surface area contributed by atoms with Crippen molar-refractivity contribution in [2.75, 3.05) is 13.1 Å². The monoisotopic (exact) mass is 330 g/mol. The second-order valence-electron chi connectivity index (χ2n) is 7.25. The highest BCUT2D eigenvalue weighted by Gasteiger charge is 2.55. The third kappa shape index (κ3) is 2.16. The van der Waals surface area contributed by atoms with Gasteiger partial charge in [-0.2, -0.15) is 10.1 Å². The van der Waals surface area contributed by atoms with Gasteiger partial charge < -0.3 is 9.42 Å². The van der Waals surface area contributed by atoms with Crippen LogP contribution in [0.1, 0.15) is 61.4 Å². The van der Waals surface area contributed by atoms with Crippen LogP contribution in [0.25, 0.3) is 0 Å². The number of hydrogen-bond acceptors (Lipinski definition) is 6. The molecule has 0 radical (unpaired) electrons. The molecule has 0 unspecified atom stereocenters. The minimum Gasteiger partial charge on any atom is -0.339 e. The lowest BCUT2D eigenvalue weighted by molar-refractivity contribution is 0.0758. The Balaban J connectivity index is 1.63. The Labute approximate surface area is 140 Å². The van der Waals surface area contributed by atoms with Crippen LogP contribution < -0.4 is 0 Å². The summed E-state index contributed by atoms with van der Waals surface area (Å²) < 4.78 is 7.15. The second kappa shape index (κ2) is 5.39. The number of hydrogen-bond donors (Lipinski definition) is 0. The number of aryl methyl sites for hydroxylation is 1. The van der Waals surface area contributed by atoms with E-state index >= 15 is 0 Å². The highest BCUT2D eigenvalue weighted by Crippen LogP contribution is 2.50. The lowest BCUT2D eigenvalue weighted by Gasteiger charge is -2.24. The summed E-state index contributed by atoms with van der Waals surface area (Å²) in [5.41, 5.74) is -0.200. The maximum Gasteiger partial charge on any atom is 0.291 e. The van der Waals surface area contributed by atoms with Crippen LogP contribution in [0.4, 0.5) is 0 Å². The fraction of sp³-hybridized carbons (Fsp3) is 0.688. The van der Waals surface area contributed by atoms with Crippen molar-refractivity contribution in [3.63, 3.8) is 0 Å². The summed E-state index contributed by atoms with van der Waals surface area (Å²) in [6.45, 7) is 5.43. The van der Waals surface area contributed by atoms with E-state index in [4.69, 9.17) is 4.52 Å². The molecular weight excluding hydrogens is 308 g/mol. The Kier molecular flexibility index (Phi) is 3.43. The quantitative estimate of drug-likeness (QED) is 0.847. The van der Waals surface area contributed by atoms with Gasteiger partial charge in [-0.1, -0.05) is 25.4 Å². The smallest absolute Gasteiger partial charge is 0.291 e. The minimum absolute atomic E-state index is 0.0765. The molecule has 1 amide bonds. The lowest BCUT2D eigenvalue weighted by Crippen LogP contribution is -2.36. The van der Waals surface area contributed by atoms with Crippen molar-refractivity contribution < 1.29 is 9.32 Å². The Morgan fingerprint density at radius 1 is 1.46 bits per heavy atom. The van der Waals surface area contributed by atoms with E-state index in [1.54, 1.807) is 7.05 Å². The van der Waals surface area contributed by atoms with Crippen LogP contribution in [-0.2, 0) is 12.5 Å². The van der Waals surface area contributed by atoms with Crippen molar-refractivity contribution in [1.29, 1.82) is 0 Å². The van der Waals surface area contributed by atoms with Crippen LogP contribution in [0, 0.1) is 5.92 Å². The number of nitrogens with zero attached hydrogens (tertiary/aromatic N) is 6. The zero-order valence-corrected chi connectivity index (χ0v) is 14.3. The molecule has 0 spiro atoms. The molecule has 3 heterocycles. The first-order chi connectivity index (χ1) is 11.5. The van der Waals surface area contributed by atoms with Gasteiger partial charge in [-0.25, -0.2) is 9.67 Å². The highest BCUT2D eigenvalue weighted by molar-refractivity contribution is 5.91. The molecular formula is C16H22N6O2. The normalized spacial score (nSPS) is 26.3. The number of fused-ring (bicyclic) bond motifs is 1. The third-order valence-electron chi connectivity index (χ3n) is 5.44. The van der Waals surface area contributed by atoms with E-state index in [0.29, 0.717) is 30.7 Å². The Hall–Kier alpha value is -2.25. The molecule has 1 aliphatic carbocycles. The Morgan fingerprint density at radius 2 is 2.29 bits per heavy atom. The van der Waals surface area contributed by atoms with E-state index in [0.717, 1.165) is 25.1 Å². The fourth-order valence-electron chi connectivity index (χ4n) is 4.10. The van der Waals surface area contributed by atoms with Gasteiger partial charge >= 0.3 is 0 Å². The molecule has 24 heavy (non-hydrogen) atoms. The maximum absolute atomic E-state index is 12.8. The number of carbonyl (C=O) groups is 1. The van der Waals surface area contributed by atoms with Crippen LogP contribution in [0.3, 0.4) is 0 Å². The van der Waals surface area contributed by atoms with E-state index in [9.17, 15) is 4.79 Å². The van der Waals surface area contributed by atoms with E-state index in [2.05, 4.69) is 34.1 Å². The first-order valence-corrected chi connectivity index (χ1v) is 8.48. The molecule has 2 fully saturated rings. The van der Waals surface area contributed by atoms with Crippen molar-refractivity contribution in [2.45, 2.75) is 44.4 Å². The summed E-state index contributed by atoms with van der Waals surface area (Å²) in [6, 6.07) is 0. The molecule has 0 bridgehead atoms. The molecule has 8 nitrogen and oxygen atoms in total. The predicted molar refractivity (Wildman–Crippen MR) is 84.3 cm³/mol. The zero-order valence-electron chi connectivity index (χ0n) is 14.3. The summed E-state index contributed by atoms with van der Waals surface area (Å²) in [5, 5.41) is 8.13. The average molecular weight is 330 g/mol. The maximum atomic E-state index is 12.8. The van der Waals surface area contributed by atoms with Gasteiger partial charge in [0.2, 0.25) is 11.7 Å². The molecule has 0 aromatic carbocycles. The lowest BCUT2D eigenvalue weighted by atomic mass is 9.80. The molecule has 8 heteroatoms. The van der Waals surface area contributed by atoms with Crippen molar-refractivity contribution in [3.8, 4) is 0 Å². The average Bonchev–Trinajstić information content (AvgIpc) is 3.28. The minimum atomic E-state index is -0.200. The van der Waals surface area contributed by atoms with Gasteiger partial charge in [-0.3, -0.25) is 4.79 Å². The molecule has 1 saturated carbocycles. The first kappa shape index (κ1) is 15.3. The van der Waals surface area contributed by atoms with Crippen LogP contribution in [0.15, 0.2) is 10.9 Å². The summed E-state index contributed by atoms with van der Waals surface area (Å²) >= 11 is 0. The van der Waals surface area contributed by atoms with Gasteiger partial charge in [0.05, 0.1) is 5.41 Å². The fourth-order valence-corrected chi connectivity index (χ4v) is 4.10. The van der Waals surface area contributed by atoms with Gasteiger partial charge in [-0.05, 0) is 18.8 Å². The van der Waals surface area contributed by atoms with Gasteiger partial charge in [-0.15, -0.1) is 0 Å². The molecule has 1 saturated heterocycles.